The lowest BCUT2D eigenvalue weighted by Crippen LogP contribution is -2.52. The monoisotopic (exact) mass is 324 g/mol. The average molecular weight is 324 g/mol. The maximum Gasteiger partial charge on any atom is 0.224 e. The molecule has 126 valence electrons. The van der Waals surface area contributed by atoms with Gasteiger partial charge in [-0.15, -0.1) is 0 Å². The van der Waals surface area contributed by atoms with E-state index in [0.29, 0.717) is 6.61 Å². The summed E-state index contributed by atoms with van der Waals surface area (Å²) in [5, 5.41) is 3.64. The van der Waals surface area contributed by atoms with Crippen LogP contribution in [0.3, 0.4) is 0 Å². The van der Waals surface area contributed by atoms with E-state index in [2.05, 4.69) is 30.4 Å². The van der Waals surface area contributed by atoms with Gasteiger partial charge in [-0.3, -0.25) is 4.79 Å². The molecule has 3 atom stereocenters. The Hall–Kier alpha value is -2.33. The van der Waals surface area contributed by atoms with E-state index in [4.69, 9.17) is 4.74 Å². The van der Waals surface area contributed by atoms with Crippen molar-refractivity contribution in [1.82, 2.24) is 0 Å². The molecule has 0 aromatic heterocycles. The van der Waals surface area contributed by atoms with E-state index in [1.54, 1.807) is 14.0 Å². The van der Waals surface area contributed by atoms with Crippen molar-refractivity contribution in [1.29, 1.82) is 0 Å². The van der Waals surface area contributed by atoms with Crippen molar-refractivity contribution in [2.24, 2.45) is 5.92 Å². The van der Waals surface area contributed by atoms with Gasteiger partial charge in [-0.05, 0) is 23.8 Å². The summed E-state index contributed by atoms with van der Waals surface area (Å²) in [6.07, 6.45) is 0. The fourth-order valence-electron chi connectivity index (χ4n) is 3.61. The van der Waals surface area contributed by atoms with E-state index >= 15 is 0 Å². The van der Waals surface area contributed by atoms with Crippen LogP contribution in [-0.2, 0) is 9.53 Å². The van der Waals surface area contributed by atoms with Crippen LogP contribution in [0.15, 0.2) is 54.6 Å². The van der Waals surface area contributed by atoms with Crippen LogP contribution in [0.4, 0.5) is 11.4 Å². The van der Waals surface area contributed by atoms with Gasteiger partial charge >= 0.3 is 0 Å². The molecule has 2 aromatic rings. The lowest BCUT2D eigenvalue weighted by Gasteiger charge is -2.45. The Bertz CT molecular complexity index is 702. The molecule has 4 nitrogen and oxygen atoms in total. The van der Waals surface area contributed by atoms with Crippen LogP contribution in [-0.4, -0.2) is 25.7 Å². The third kappa shape index (κ3) is 3.02. The van der Waals surface area contributed by atoms with Gasteiger partial charge in [0.15, 0.2) is 0 Å². The van der Waals surface area contributed by atoms with Gasteiger partial charge in [0.25, 0.3) is 0 Å². The summed E-state index contributed by atoms with van der Waals surface area (Å²) in [6, 6.07) is 18.4. The Morgan fingerprint density at radius 1 is 1.12 bits per heavy atom. The molecule has 0 bridgehead atoms. The van der Waals surface area contributed by atoms with Crippen molar-refractivity contribution < 1.29 is 9.53 Å². The lowest BCUT2D eigenvalue weighted by atomic mass is 9.82. The predicted octanol–water partition coefficient (Wildman–Crippen LogP) is 3.86. The zero-order valence-electron chi connectivity index (χ0n) is 14.4. The summed E-state index contributed by atoms with van der Waals surface area (Å²) in [7, 11) is 1.69. The van der Waals surface area contributed by atoms with Gasteiger partial charge in [-0.1, -0.05) is 43.3 Å². The van der Waals surface area contributed by atoms with Gasteiger partial charge in [-0.2, -0.15) is 0 Å². The highest BCUT2D eigenvalue weighted by Crippen LogP contribution is 2.42. The molecule has 3 rings (SSSR count). The van der Waals surface area contributed by atoms with Gasteiger partial charge in [0.05, 0.1) is 18.7 Å². The Morgan fingerprint density at radius 3 is 2.46 bits per heavy atom. The number of nitrogens with zero attached hydrogens (tertiary/aromatic N) is 1. The van der Waals surface area contributed by atoms with Gasteiger partial charge in [-0.25, -0.2) is 0 Å². The van der Waals surface area contributed by atoms with Crippen LogP contribution in [0.25, 0.3) is 0 Å². The van der Waals surface area contributed by atoms with Crippen molar-refractivity contribution in [3.05, 3.63) is 60.2 Å². The number of fused-ring (bicyclic) bond motifs is 1. The van der Waals surface area contributed by atoms with Gasteiger partial charge in [0.1, 0.15) is 0 Å². The minimum absolute atomic E-state index is 0.00334. The number of hydrogen-bond acceptors (Lipinski definition) is 3. The molecular weight excluding hydrogens is 300 g/mol. The molecule has 1 heterocycles. The van der Waals surface area contributed by atoms with E-state index < -0.39 is 0 Å². The number of ether oxygens (including phenoxy) is 1. The number of nitrogens with one attached hydrogen (secondary N) is 1. The van der Waals surface area contributed by atoms with Crippen LogP contribution < -0.4 is 10.2 Å². The molecule has 1 unspecified atom stereocenters. The molecule has 1 aliphatic rings. The van der Waals surface area contributed by atoms with E-state index in [-0.39, 0.29) is 23.9 Å². The van der Waals surface area contributed by atoms with Gasteiger partial charge in [0.2, 0.25) is 5.91 Å². The Kier molecular flexibility index (Phi) is 4.86. The number of methoxy groups -OCH3 is 1. The second-order valence-corrected chi connectivity index (χ2v) is 6.32. The minimum atomic E-state index is 0.00334. The second kappa shape index (κ2) is 7.05. The summed E-state index contributed by atoms with van der Waals surface area (Å²) in [5.41, 5.74) is 3.20. The Morgan fingerprint density at radius 2 is 1.79 bits per heavy atom. The minimum Gasteiger partial charge on any atom is -0.383 e. The maximum atomic E-state index is 12.3. The van der Waals surface area contributed by atoms with E-state index in [1.807, 2.05) is 41.3 Å². The van der Waals surface area contributed by atoms with Gasteiger partial charge < -0.3 is 15.0 Å². The summed E-state index contributed by atoms with van der Waals surface area (Å²) in [6.45, 7) is 4.31. The van der Waals surface area contributed by atoms with Crippen LogP contribution in [0, 0.1) is 5.92 Å². The molecule has 0 saturated carbocycles. The van der Waals surface area contributed by atoms with Crippen molar-refractivity contribution in [2.45, 2.75) is 25.9 Å². The highest BCUT2D eigenvalue weighted by Gasteiger charge is 2.40. The molecule has 0 radical (unpaired) electrons. The summed E-state index contributed by atoms with van der Waals surface area (Å²) in [5.74, 6) is 0.262. The number of benzene rings is 2. The zero-order chi connectivity index (χ0) is 17.1. The molecular formula is C20H24N2O2. The first kappa shape index (κ1) is 16.5. The highest BCUT2D eigenvalue weighted by molar-refractivity contribution is 5.94. The van der Waals surface area contributed by atoms with Crippen molar-refractivity contribution in [3.8, 4) is 0 Å². The molecule has 1 amide bonds. The fourth-order valence-corrected chi connectivity index (χ4v) is 3.61. The van der Waals surface area contributed by atoms with E-state index in [9.17, 15) is 4.79 Å². The molecule has 1 N–H and O–H groups in total. The first-order valence-corrected chi connectivity index (χ1v) is 8.32. The molecule has 0 spiro atoms. The van der Waals surface area contributed by atoms with Crippen molar-refractivity contribution >= 4 is 17.3 Å². The largest absolute Gasteiger partial charge is 0.383 e. The SMILES string of the molecule is COC[C@H]1[C@H](C)C(Nc2ccccc2)c2ccccc2N1C(C)=O. The molecule has 0 aliphatic carbocycles. The third-order valence-corrected chi connectivity index (χ3v) is 4.77. The average Bonchev–Trinajstić information content (AvgIpc) is 2.59. The smallest absolute Gasteiger partial charge is 0.224 e. The van der Waals surface area contributed by atoms with Gasteiger partial charge in [0, 0.05) is 31.3 Å². The van der Waals surface area contributed by atoms with E-state index in [1.165, 1.54) is 0 Å². The maximum absolute atomic E-state index is 12.3. The number of rotatable bonds is 4. The quantitative estimate of drug-likeness (QED) is 0.928. The van der Waals surface area contributed by atoms with Crippen molar-refractivity contribution in [2.75, 3.05) is 23.9 Å². The second-order valence-electron chi connectivity index (χ2n) is 6.32. The third-order valence-electron chi connectivity index (χ3n) is 4.77. The molecule has 2 aromatic carbocycles. The lowest BCUT2D eigenvalue weighted by molar-refractivity contribution is -0.117. The summed E-state index contributed by atoms with van der Waals surface area (Å²) < 4.78 is 5.42. The highest BCUT2D eigenvalue weighted by atomic mass is 16.5. The molecule has 1 aliphatic heterocycles. The Labute approximate surface area is 143 Å². The van der Waals surface area contributed by atoms with Crippen LogP contribution in [0.2, 0.25) is 0 Å². The number of para-hydroxylation sites is 2. The molecule has 4 heteroatoms. The molecule has 24 heavy (non-hydrogen) atoms. The predicted molar refractivity (Wildman–Crippen MR) is 97.2 cm³/mol. The number of amides is 1. The van der Waals surface area contributed by atoms with Crippen LogP contribution >= 0.6 is 0 Å². The van der Waals surface area contributed by atoms with Crippen LogP contribution in [0.5, 0.6) is 0 Å². The Balaban J connectivity index is 2.04. The number of carbonyl (C=O) groups is 1. The topological polar surface area (TPSA) is 41.6 Å². The molecule has 0 fully saturated rings. The normalized spacial score (nSPS) is 22.8. The summed E-state index contributed by atoms with van der Waals surface area (Å²) in [4.78, 5) is 14.2. The number of hydrogen-bond donors (Lipinski definition) is 1. The van der Waals surface area contributed by atoms with Crippen LogP contribution in [0.1, 0.15) is 25.5 Å². The summed E-state index contributed by atoms with van der Waals surface area (Å²) >= 11 is 0. The van der Waals surface area contributed by atoms with Crippen molar-refractivity contribution in [3.63, 3.8) is 0 Å². The number of anilines is 2. The standard InChI is InChI=1S/C20H24N2O2/c1-14-19(13-24-3)22(15(2)23)18-12-8-7-11-17(18)20(14)21-16-9-5-4-6-10-16/h4-12,14,19-21H,13H2,1-3H3/t14-,19-,20?/m0/s1. The first-order valence-electron chi connectivity index (χ1n) is 8.32. The number of carbonyl (C=O) groups excluding carboxylic acids is 1. The molecule has 0 saturated heterocycles. The first-order chi connectivity index (χ1) is 11.6. The zero-order valence-corrected chi connectivity index (χ0v) is 14.4. The fraction of sp³-hybridized carbons (Fsp3) is 0.350. The van der Waals surface area contributed by atoms with E-state index in [0.717, 1.165) is 16.9 Å².